The minimum Gasteiger partial charge on any atom is -0.481 e. The van der Waals surface area contributed by atoms with Crippen molar-refractivity contribution in [2.45, 2.75) is 25.2 Å². The Morgan fingerprint density at radius 3 is 2.24 bits per heavy atom. The van der Waals surface area contributed by atoms with E-state index in [2.05, 4.69) is 0 Å². The van der Waals surface area contributed by atoms with E-state index < -0.39 is 29.5 Å². The summed E-state index contributed by atoms with van der Waals surface area (Å²) in [7, 11) is 0. The molecular formula is C12H11F3O2. The maximum absolute atomic E-state index is 13.0. The summed E-state index contributed by atoms with van der Waals surface area (Å²) in [5.74, 6) is -4.97. The van der Waals surface area contributed by atoms with E-state index in [4.69, 9.17) is 5.11 Å². The number of hydrogen-bond acceptors (Lipinski definition) is 1. The number of carboxylic acid groups (broad SMARTS) is 1. The van der Waals surface area contributed by atoms with Gasteiger partial charge in [-0.2, -0.15) is 0 Å². The van der Waals surface area contributed by atoms with Crippen molar-refractivity contribution < 1.29 is 23.1 Å². The highest BCUT2D eigenvalue weighted by atomic mass is 19.3. The molecule has 1 aliphatic rings. The van der Waals surface area contributed by atoms with Crippen molar-refractivity contribution in [2.24, 2.45) is 5.41 Å². The van der Waals surface area contributed by atoms with Crippen molar-refractivity contribution in [3.05, 3.63) is 35.6 Å². The summed E-state index contributed by atoms with van der Waals surface area (Å²) in [4.78, 5) is 10.8. The minimum atomic E-state index is -3.11. The molecule has 0 bridgehead atoms. The molecule has 2 rings (SSSR count). The highest BCUT2D eigenvalue weighted by Gasteiger charge is 2.75. The number of halogens is 3. The molecule has 0 saturated heterocycles. The number of hydrogen-bond donors (Lipinski definition) is 1. The summed E-state index contributed by atoms with van der Waals surface area (Å²) in [6.07, 6.45) is -0.514. The van der Waals surface area contributed by atoms with Gasteiger partial charge in [-0.05, 0) is 30.5 Å². The van der Waals surface area contributed by atoms with Gasteiger partial charge >= 0.3 is 5.97 Å². The zero-order valence-electron chi connectivity index (χ0n) is 8.92. The minimum absolute atomic E-state index is 0.124. The standard InChI is InChI=1S/C12H11F3O2/c13-9-3-1-8(2-4-9)5-6-11(10(16)17)7-12(11,14)15/h1-4H,5-7H2,(H,16,17). The monoisotopic (exact) mass is 244 g/mol. The molecule has 1 N–H and O–H groups in total. The van der Waals surface area contributed by atoms with Gasteiger partial charge in [0.2, 0.25) is 0 Å². The van der Waals surface area contributed by atoms with E-state index in [1.54, 1.807) is 0 Å². The number of alkyl halides is 2. The fraction of sp³-hybridized carbons (Fsp3) is 0.417. The smallest absolute Gasteiger partial charge is 0.316 e. The summed E-state index contributed by atoms with van der Waals surface area (Å²) >= 11 is 0. The van der Waals surface area contributed by atoms with Crippen molar-refractivity contribution in [1.29, 1.82) is 0 Å². The quantitative estimate of drug-likeness (QED) is 0.884. The molecule has 1 saturated carbocycles. The van der Waals surface area contributed by atoms with E-state index in [1.165, 1.54) is 24.3 Å². The molecule has 1 atom stereocenters. The van der Waals surface area contributed by atoms with Crippen LogP contribution in [0.5, 0.6) is 0 Å². The Hall–Kier alpha value is -1.52. The third-order valence-electron chi connectivity index (χ3n) is 3.26. The molecule has 0 radical (unpaired) electrons. The molecule has 1 aliphatic carbocycles. The average molecular weight is 244 g/mol. The van der Waals surface area contributed by atoms with Gasteiger partial charge in [-0.1, -0.05) is 12.1 Å². The van der Waals surface area contributed by atoms with Gasteiger partial charge in [0, 0.05) is 6.42 Å². The fourth-order valence-corrected chi connectivity index (χ4v) is 1.95. The molecule has 92 valence electrons. The predicted octanol–water partition coefficient (Wildman–Crippen LogP) is 2.87. The topological polar surface area (TPSA) is 37.3 Å². The van der Waals surface area contributed by atoms with Crippen LogP contribution in [-0.2, 0) is 11.2 Å². The second kappa shape index (κ2) is 3.75. The SMILES string of the molecule is O=C(O)C1(CCc2ccc(F)cc2)CC1(F)F. The molecule has 0 spiro atoms. The molecular weight excluding hydrogens is 233 g/mol. The second-order valence-electron chi connectivity index (χ2n) is 4.39. The summed E-state index contributed by atoms with van der Waals surface area (Å²) in [5, 5.41) is 8.82. The Labute approximate surface area is 96.1 Å². The van der Waals surface area contributed by atoms with E-state index in [9.17, 15) is 18.0 Å². The molecule has 1 aromatic carbocycles. The Balaban J connectivity index is 2.03. The molecule has 1 fully saturated rings. The summed E-state index contributed by atoms with van der Waals surface area (Å²) < 4.78 is 38.7. The number of aryl methyl sites for hydroxylation is 1. The van der Waals surface area contributed by atoms with Crippen molar-refractivity contribution in [3.63, 3.8) is 0 Å². The third kappa shape index (κ3) is 2.01. The van der Waals surface area contributed by atoms with Gasteiger partial charge < -0.3 is 5.11 Å². The zero-order chi connectivity index (χ0) is 12.7. The molecule has 0 heterocycles. The average Bonchev–Trinajstić information content (AvgIpc) is 2.82. The lowest BCUT2D eigenvalue weighted by Gasteiger charge is -2.10. The highest BCUT2D eigenvalue weighted by Crippen LogP contribution is 2.63. The van der Waals surface area contributed by atoms with Crippen LogP contribution in [0.15, 0.2) is 24.3 Å². The lowest BCUT2D eigenvalue weighted by molar-refractivity contribution is -0.147. The van der Waals surface area contributed by atoms with Crippen LogP contribution < -0.4 is 0 Å². The predicted molar refractivity (Wildman–Crippen MR) is 54.4 cm³/mol. The summed E-state index contributed by atoms with van der Waals surface area (Å²) in [5.41, 5.74) is -1.25. The molecule has 2 nitrogen and oxygen atoms in total. The van der Waals surface area contributed by atoms with E-state index >= 15 is 0 Å². The lowest BCUT2D eigenvalue weighted by Crippen LogP contribution is -2.23. The van der Waals surface area contributed by atoms with E-state index in [0.29, 0.717) is 5.56 Å². The van der Waals surface area contributed by atoms with Crippen LogP contribution in [0.25, 0.3) is 0 Å². The first-order valence-electron chi connectivity index (χ1n) is 5.23. The third-order valence-corrected chi connectivity index (χ3v) is 3.26. The summed E-state index contributed by atoms with van der Waals surface area (Å²) in [6, 6.07) is 5.42. The van der Waals surface area contributed by atoms with Crippen LogP contribution in [0.1, 0.15) is 18.4 Å². The van der Waals surface area contributed by atoms with Gasteiger partial charge in [-0.15, -0.1) is 0 Å². The first-order valence-corrected chi connectivity index (χ1v) is 5.23. The lowest BCUT2D eigenvalue weighted by atomic mass is 9.96. The van der Waals surface area contributed by atoms with Crippen LogP contribution in [0.2, 0.25) is 0 Å². The maximum atomic E-state index is 13.0. The van der Waals surface area contributed by atoms with Crippen LogP contribution >= 0.6 is 0 Å². The van der Waals surface area contributed by atoms with Crippen molar-refractivity contribution in [3.8, 4) is 0 Å². The van der Waals surface area contributed by atoms with E-state index in [0.717, 1.165) is 0 Å². The molecule has 1 aromatic rings. The number of benzene rings is 1. The Bertz CT molecular complexity index is 442. The second-order valence-corrected chi connectivity index (χ2v) is 4.39. The normalized spacial score (nSPS) is 25.6. The Kier molecular flexibility index (Phi) is 2.64. The van der Waals surface area contributed by atoms with Crippen molar-refractivity contribution in [2.75, 3.05) is 0 Å². The maximum Gasteiger partial charge on any atom is 0.316 e. The van der Waals surface area contributed by atoms with Crippen molar-refractivity contribution >= 4 is 5.97 Å². The van der Waals surface area contributed by atoms with Crippen LogP contribution in [0.3, 0.4) is 0 Å². The highest BCUT2D eigenvalue weighted by molar-refractivity contribution is 5.80. The van der Waals surface area contributed by atoms with E-state index in [1.807, 2.05) is 0 Å². The van der Waals surface area contributed by atoms with Gasteiger partial charge in [0.1, 0.15) is 11.2 Å². The van der Waals surface area contributed by atoms with Gasteiger partial charge in [0.15, 0.2) is 0 Å². The zero-order valence-corrected chi connectivity index (χ0v) is 8.92. The first-order chi connectivity index (χ1) is 7.87. The molecule has 0 aromatic heterocycles. The number of aliphatic carboxylic acids is 1. The number of carbonyl (C=O) groups is 1. The van der Waals surface area contributed by atoms with Crippen LogP contribution in [-0.4, -0.2) is 17.0 Å². The van der Waals surface area contributed by atoms with Gasteiger partial charge in [-0.3, -0.25) is 4.79 Å². The Morgan fingerprint density at radius 2 is 1.82 bits per heavy atom. The molecule has 0 aliphatic heterocycles. The van der Waals surface area contributed by atoms with Gasteiger partial charge in [-0.25, -0.2) is 13.2 Å². The van der Waals surface area contributed by atoms with E-state index in [-0.39, 0.29) is 12.8 Å². The van der Waals surface area contributed by atoms with Crippen LogP contribution in [0, 0.1) is 11.2 Å². The summed E-state index contributed by atoms with van der Waals surface area (Å²) in [6.45, 7) is 0. The van der Waals surface area contributed by atoms with Gasteiger partial charge in [0.05, 0.1) is 0 Å². The van der Waals surface area contributed by atoms with Crippen LogP contribution in [0.4, 0.5) is 13.2 Å². The number of carboxylic acids is 1. The molecule has 1 unspecified atom stereocenters. The molecule has 0 amide bonds. The number of rotatable bonds is 4. The molecule has 17 heavy (non-hydrogen) atoms. The fourth-order valence-electron chi connectivity index (χ4n) is 1.95. The van der Waals surface area contributed by atoms with Gasteiger partial charge in [0.25, 0.3) is 5.92 Å². The largest absolute Gasteiger partial charge is 0.481 e. The first kappa shape index (κ1) is 12.0. The Morgan fingerprint density at radius 1 is 1.29 bits per heavy atom. The molecule has 5 heteroatoms. The van der Waals surface area contributed by atoms with Crippen molar-refractivity contribution in [1.82, 2.24) is 0 Å².